The van der Waals surface area contributed by atoms with E-state index in [1.54, 1.807) is 18.0 Å². The van der Waals surface area contributed by atoms with E-state index in [1.165, 1.54) is 0 Å². The van der Waals surface area contributed by atoms with Gasteiger partial charge in [0.25, 0.3) is 0 Å². The first-order valence-corrected chi connectivity index (χ1v) is 6.20. The van der Waals surface area contributed by atoms with Crippen molar-refractivity contribution in [1.29, 1.82) is 0 Å². The van der Waals surface area contributed by atoms with Crippen LogP contribution in [0.25, 0.3) is 0 Å². The molecule has 0 radical (unpaired) electrons. The highest BCUT2D eigenvalue weighted by Crippen LogP contribution is 2.17. The van der Waals surface area contributed by atoms with Crippen LogP contribution in [-0.4, -0.2) is 41.8 Å². The van der Waals surface area contributed by atoms with Crippen LogP contribution in [0.3, 0.4) is 0 Å². The summed E-state index contributed by atoms with van der Waals surface area (Å²) >= 11 is 0. The van der Waals surface area contributed by atoms with Crippen molar-refractivity contribution in [3.8, 4) is 5.88 Å². The number of pyridine rings is 1. The van der Waals surface area contributed by atoms with Crippen LogP contribution in [0.4, 0.5) is 4.79 Å². The molecular weight excluding hydrogens is 232 g/mol. The summed E-state index contributed by atoms with van der Waals surface area (Å²) in [5, 5.41) is 0. The molecule has 18 heavy (non-hydrogen) atoms. The van der Waals surface area contributed by atoms with E-state index < -0.39 is 0 Å². The smallest absolute Gasteiger partial charge is 0.409 e. The Labute approximate surface area is 107 Å². The highest BCUT2D eigenvalue weighted by Gasteiger charge is 2.28. The highest BCUT2D eigenvalue weighted by molar-refractivity contribution is 5.67. The molecule has 98 valence electrons. The van der Waals surface area contributed by atoms with Crippen molar-refractivity contribution in [2.45, 2.75) is 26.4 Å². The molecule has 1 fully saturated rings. The molecule has 1 aromatic heterocycles. The predicted octanol–water partition coefficient (Wildman–Crippen LogP) is 2.00. The lowest BCUT2D eigenvalue weighted by Crippen LogP contribution is -2.31. The Morgan fingerprint density at radius 2 is 2.39 bits per heavy atom. The summed E-state index contributed by atoms with van der Waals surface area (Å²) in [5.74, 6) is 0.608. The minimum atomic E-state index is -0.263. The maximum Gasteiger partial charge on any atom is 0.409 e. The van der Waals surface area contributed by atoms with E-state index in [2.05, 4.69) is 4.98 Å². The predicted molar refractivity (Wildman–Crippen MR) is 66.6 cm³/mol. The quantitative estimate of drug-likeness (QED) is 0.823. The van der Waals surface area contributed by atoms with Gasteiger partial charge >= 0.3 is 6.09 Å². The molecule has 0 aromatic carbocycles. The SMILES string of the molecule is CCOC(=O)N1CC[C@@H](Oc2ccc(C)cn2)C1. The largest absolute Gasteiger partial charge is 0.472 e. The van der Waals surface area contributed by atoms with Crippen LogP contribution >= 0.6 is 0 Å². The molecule has 1 saturated heterocycles. The third-order valence-corrected chi connectivity index (χ3v) is 2.84. The maximum absolute atomic E-state index is 11.5. The number of amides is 1. The fraction of sp³-hybridized carbons (Fsp3) is 0.538. The van der Waals surface area contributed by atoms with E-state index in [1.807, 2.05) is 19.1 Å². The van der Waals surface area contributed by atoms with Crippen LogP contribution in [0.15, 0.2) is 18.3 Å². The number of ether oxygens (including phenoxy) is 2. The van der Waals surface area contributed by atoms with Crippen LogP contribution in [0, 0.1) is 6.92 Å². The van der Waals surface area contributed by atoms with Crippen molar-refractivity contribution in [2.24, 2.45) is 0 Å². The number of nitrogens with zero attached hydrogens (tertiary/aromatic N) is 2. The second kappa shape index (κ2) is 5.71. The average Bonchev–Trinajstić information content (AvgIpc) is 2.81. The zero-order valence-electron chi connectivity index (χ0n) is 10.8. The molecule has 1 atom stereocenters. The van der Waals surface area contributed by atoms with Crippen molar-refractivity contribution >= 4 is 6.09 Å². The summed E-state index contributed by atoms with van der Waals surface area (Å²) < 4.78 is 10.7. The zero-order valence-corrected chi connectivity index (χ0v) is 10.8. The molecule has 1 aliphatic heterocycles. The van der Waals surface area contributed by atoms with Gasteiger partial charge in [0.05, 0.1) is 13.2 Å². The van der Waals surface area contributed by atoms with Gasteiger partial charge in [0, 0.05) is 25.2 Å². The van der Waals surface area contributed by atoms with E-state index in [0.29, 0.717) is 25.6 Å². The monoisotopic (exact) mass is 250 g/mol. The molecule has 0 saturated carbocycles. The van der Waals surface area contributed by atoms with E-state index in [-0.39, 0.29) is 12.2 Å². The minimum absolute atomic E-state index is 0.00427. The second-order valence-electron chi connectivity index (χ2n) is 4.35. The lowest BCUT2D eigenvalue weighted by atomic mass is 10.3. The van der Waals surface area contributed by atoms with Gasteiger partial charge in [0.2, 0.25) is 5.88 Å². The molecule has 1 amide bonds. The highest BCUT2D eigenvalue weighted by atomic mass is 16.6. The van der Waals surface area contributed by atoms with Crippen molar-refractivity contribution in [3.05, 3.63) is 23.9 Å². The molecule has 0 bridgehead atoms. The molecule has 2 heterocycles. The summed E-state index contributed by atoms with van der Waals surface area (Å²) in [4.78, 5) is 17.4. The number of aryl methyl sites for hydroxylation is 1. The summed E-state index contributed by atoms with van der Waals surface area (Å²) in [5.41, 5.74) is 1.10. The number of rotatable bonds is 3. The van der Waals surface area contributed by atoms with Gasteiger partial charge in [0.15, 0.2) is 0 Å². The normalized spacial score (nSPS) is 18.8. The first-order valence-electron chi connectivity index (χ1n) is 6.20. The molecular formula is C13H18N2O3. The van der Waals surface area contributed by atoms with Crippen molar-refractivity contribution in [1.82, 2.24) is 9.88 Å². The van der Waals surface area contributed by atoms with Crippen LogP contribution in [0.5, 0.6) is 5.88 Å². The van der Waals surface area contributed by atoms with Gasteiger partial charge < -0.3 is 14.4 Å². The lowest BCUT2D eigenvalue weighted by molar-refractivity contribution is 0.109. The Hall–Kier alpha value is -1.78. The number of aromatic nitrogens is 1. The molecule has 0 N–H and O–H groups in total. The number of hydrogen-bond donors (Lipinski definition) is 0. The summed E-state index contributed by atoms with van der Waals surface area (Å²) in [6.07, 6.45) is 2.33. The van der Waals surface area contributed by atoms with E-state index >= 15 is 0 Å². The zero-order chi connectivity index (χ0) is 13.0. The topological polar surface area (TPSA) is 51.7 Å². The fourth-order valence-electron chi connectivity index (χ4n) is 1.90. The standard InChI is InChI=1S/C13H18N2O3/c1-3-17-13(16)15-7-6-11(9-15)18-12-5-4-10(2)8-14-12/h4-5,8,11H,3,6-7,9H2,1-2H3/t11-/m1/s1. The summed E-state index contributed by atoms with van der Waals surface area (Å²) in [7, 11) is 0. The second-order valence-corrected chi connectivity index (χ2v) is 4.35. The lowest BCUT2D eigenvalue weighted by Gasteiger charge is -2.16. The minimum Gasteiger partial charge on any atom is -0.472 e. The first kappa shape index (κ1) is 12.7. The Balaban J connectivity index is 1.86. The van der Waals surface area contributed by atoms with E-state index in [9.17, 15) is 4.79 Å². The Bertz CT molecular complexity index is 405. The summed E-state index contributed by atoms with van der Waals surface area (Å²) in [6, 6.07) is 3.81. The van der Waals surface area contributed by atoms with Gasteiger partial charge in [0.1, 0.15) is 6.10 Å². The van der Waals surface area contributed by atoms with Crippen molar-refractivity contribution in [3.63, 3.8) is 0 Å². The third-order valence-electron chi connectivity index (χ3n) is 2.84. The molecule has 1 aliphatic rings. The molecule has 0 unspecified atom stereocenters. The Morgan fingerprint density at radius 3 is 3.06 bits per heavy atom. The molecule has 0 spiro atoms. The van der Waals surface area contributed by atoms with E-state index in [4.69, 9.17) is 9.47 Å². The van der Waals surface area contributed by atoms with Crippen LogP contribution < -0.4 is 4.74 Å². The molecule has 2 rings (SSSR count). The van der Waals surface area contributed by atoms with Gasteiger partial charge in [-0.25, -0.2) is 9.78 Å². The average molecular weight is 250 g/mol. The van der Waals surface area contributed by atoms with Crippen LogP contribution in [0.1, 0.15) is 18.9 Å². The van der Waals surface area contributed by atoms with E-state index in [0.717, 1.165) is 12.0 Å². The van der Waals surface area contributed by atoms with Gasteiger partial charge in [-0.1, -0.05) is 6.07 Å². The number of carbonyl (C=O) groups is 1. The van der Waals surface area contributed by atoms with Crippen molar-refractivity contribution in [2.75, 3.05) is 19.7 Å². The fourth-order valence-corrected chi connectivity index (χ4v) is 1.90. The van der Waals surface area contributed by atoms with Crippen molar-refractivity contribution < 1.29 is 14.3 Å². The summed E-state index contributed by atoms with van der Waals surface area (Å²) in [6.45, 7) is 5.43. The van der Waals surface area contributed by atoms with Gasteiger partial charge in [-0.15, -0.1) is 0 Å². The molecule has 5 nitrogen and oxygen atoms in total. The number of hydrogen-bond acceptors (Lipinski definition) is 4. The number of carbonyl (C=O) groups excluding carboxylic acids is 1. The molecule has 1 aromatic rings. The Kier molecular flexibility index (Phi) is 4.02. The third kappa shape index (κ3) is 3.12. The van der Waals surface area contributed by atoms with Crippen LogP contribution in [-0.2, 0) is 4.74 Å². The van der Waals surface area contributed by atoms with Gasteiger partial charge in [-0.2, -0.15) is 0 Å². The van der Waals surface area contributed by atoms with Crippen LogP contribution in [0.2, 0.25) is 0 Å². The first-order chi connectivity index (χ1) is 8.69. The van der Waals surface area contributed by atoms with Gasteiger partial charge in [-0.3, -0.25) is 0 Å². The van der Waals surface area contributed by atoms with Gasteiger partial charge in [-0.05, 0) is 19.4 Å². The number of likely N-dealkylation sites (tertiary alicyclic amines) is 1. The Morgan fingerprint density at radius 1 is 1.56 bits per heavy atom. The molecule has 5 heteroatoms. The maximum atomic E-state index is 11.5. The molecule has 0 aliphatic carbocycles.